The van der Waals surface area contributed by atoms with Gasteiger partial charge in [-0.1, -0.05) is 17.3 Å². The molecule has 7 nitrogen and oxygen atoms in total. The molecule has 0 aliphatic rings. The van der Waals surface area contributed by atoms with E-state index in [-0.39, 0.29) is 42.8 Å². The number of hydrogen-bond acceptors (Lipinski definition) is 6. The van der Waals surface area contributed by atoms with Gasteiger partial charge in [-0.15, -0.1) is 0 Å². The molecular weight excluding hydrogens is 377 g/mol. The Kier molecular flexibility index (Phi) is 7.47. The molecule has 0 N–H and O–H groups in total. The van der Waals surface area contributed by atoms with Crippen molar-refractivity contribution in [1.29, 1.82) is 0 Å². The summed E-state index contributed by atoms with van der Waals surface area (Å²) in [4.78, 5) is 29.7. The molecule has 29 heavy (non-hydrogen) atoms. The van der Waals surface area contributed by atoms with Crippen molar-refractivity contribution in [2.45, 2.75) is 59.0 Å². The van der Waals surface area contributed by atoms with Crippen molar-refractivity contribution in [3.05, 3.63) is 35.5 Å². The molecule has 0 bridgehead atoms. The average molecular weight is 405 g/mol. The molecule has 0 saturated carbocycles. The molecule has 0 radical (unpaired) electrons. The molecule has 2 aromatic rings. The second-order valence-electron chi connectivity index (χ2n) is 7.98. The molecule has 0 unspecified atom stereocenters. The summed E-state index contributed by atoms with van der Waals surface area (Å²) in [6.45, 7) is 7.59. The Morgan fingerprint density at radius 1 is 1.24 bits per heavy atom. The van der Waals surface area contributed by atoms with Crippen molar-refractivity contribution < 1.29 is 23.2 Å². The highest BCUT2D eigenvalue weighted by Crippen LogP contribution is 2.19. The molecule has 0 aliphatic carbocycles. The van der Waals surface area contributed by atoms with Crippen LogP contribution in [0.15, 0.2) is 22.7 Å². The second kappa shape index (κ2) is 9.62. The third-order valence-electron chi connectivity index (χ3n) is 4.17. The highest BCUT2D eigenvalue weighted by Gasteiger charge is 2.17. The Balaban J connectivity index is 1.78. The number of aromatic nitrogens is 2. The Morgan fingerprint density at radius 3 is 2.62 bits per heavy atom. The standard InChI is InChI=1S/C21H28FN3O4/c1-14-8-9-15(13-16(14)22)20-23-17(29-24-20)10-11-18(26)25(5)12-6-7-19(27)28-21(2,3)4/h8-9,13H,6-7,10-12H2,1-5H3. The Hall–Kier alpha value is -2.77. The zero-order valence-electron chi connectivity index (χ0n) is 17.6. The smallest absolute Gasteiger partial charge is 0.306 e. The first-order chi connectivity index (χ1) is 13.5. The van der Waals surface area contributed by atoms with E-state index in [9.17, 15) is 14.0 Å². The third-order valence-corrected chi connectivity index (χ3v) is 4.17. The van der Waals surface area contributed by atoms with Gasteiger partial charge in [0.15, 0.2) is 0 Å². The highest BCUT2D eigenvalue weighted by molar-refractivity contribution is 5.76. The van der Waals surface area contributed by atoms with Gasteiger partial charge in [-0.3, -0.25) is 9.59 Å². The molecule has 0 aliphatic heterocycles. The number of benzene rings is 1. The fourth-order valence-electron chi connectivity index (χ4n) is 2.59. The van der Waals surface area contributed by atoms with E-state index in [2.05, 4.69) is 10.1 Å². The van der Waals surface area contributed by atoms with Gasteiger partial charge in [0.2, 0.25) is 17.6 Å². The summed E-state index contributed by atoms with van der Waals surface area (Å²) in [5, 5.41) is 3.85. The Bertz CT molecular complexity index is 858. The van der Waals surface area contributed by atoms with E-state index < -0.39 is 5.60 Å². The van der Waals surface area contributed by atoms with Gasteiger partial charge in [-0.05, 0) is 45.7 Å². The lowest BCUT2D eigenvalue weighted by molar-refractivity contribution is -0.155. The molecule has 1 amide bonds. The van der Waals surface area contributed by atoms with Crippen LogP contribution in [0.2, 0.25) is 0 Å². The number of carbonyl (C=O) groups excluding carboxylic acids is 2. The van der Waals surface area contributed by atoms with Crippen LogP contribution in [-0.2, 0) is 20.7 Å². The van der Waals surface area contributed by atoms with Crippen molar-refractivity contribution in [2.75, 3.05) is 13.6 Å². The van der Waals surface area contributed by atoms with Crippen LogP contribution in [-0.4, -0.2) is 46.1 Å². The first-order valence-electron chi connectivity index (χ1n) is 9.60. The van der Waals surface area contributed by atoms with Gasteiger partial charge < -0.3 is 14.2 Å². The summed E-state index contributed by atoms with van der Waals surface area (Å²) in [6.07, 6.45) is 1.28. The van der Waals surface area contributed by atoms with Crippen LogP contribution in [0.5, 0.6) is 0 Å². The summed E-state index contributed by atoms with van der Waals surface area (Å²) in [5.41, 5.74) is 0.554. The van der Waals surface area contributed by atoms with Gasteiger partial charge in [0.1, 0.15) is 11.4 Å². The van der Waals surface area contributed by atoms with Gasteiger partial charge in [0.05, 0.1) is 0 Å². The van der Waals surface area contributed by atoms with Gasteiger partial charge in [-0.25, -0.2) is 4.39 Å². The van der Waals surface area contributed by atoms with Crippen LogP contribution in [0.4, 0.5) is 4.39 Å². The number of amides is 1. The van der Waals surface area contributed by atoms with Crippen LogP contribution in [0.1, 0.15) is 51.5 Å². The summed E-state index contributed by atoms with van der Waals surface area (Å²) in [7, 11) is 1.69. The van der Waals surface area contributed by atoms with Gasteiger partial charge >= 0.3 is 5.97 Å². The molecule has 0 spiro atoms. The molecule has 0 fully saturated rings. The fraction of sp³-hybridized carbons (Fsp3) is 0.524. The second-order valence-corrected chi connectivity index (χ2v) is 7.98. The number of aryl methyl sites for hydroxylation is 2. The fourth-order valence-corrected chi connectivity index (χ4v) is 2.59. The van der Waals surface area contributed by atoms with Crippen molar-refractivity contribution in [2.24, 2.45) is 0 Å². The lowest BCUT2D eigenvalue weighted by Gasteiger charge is -2.20. The third kappa shape index (κ3) is 7.29. The van der Waals surface area contributed by atoms with E-state index in [1.807, 2.05) is 20.8 Å². The number of nitrogens with zero attached hydrogens (tertiary/aromatic N) is 3. The summed E-state index contributed by atoms with van der Waals surface area (Å²) >= 11 is 0. The van der Waals surface area contributed by atoms with Crippen LogP contribution >= 0.6 is 0 Å². The Labute approximate surface area is 170 Å². The normalized spacial score (nSPS) is 11.4. The van der Waals surface area contributed by atoms with Crippen LogP contribution in [0.3, 0.4) is 0 Å². The quantitative estimate of drug-likeness (QED) is 0.623. The van der Waals surface area contributed by atoms with Crippen LogP contribution in [0, 0.1) is 12.7 Å². The topological polar surface area (TPSA) is 85.5 Å². The molecule has 0 atom stereocenters. The van der Waals surface area contributed by atoms with E-state index >= 15 is 0 Å². The van der Waals surface area contributed by atoms with Crippen LogP contribution < -0.4 is 0 Å². The lowest BCUT2D eigenvalue weighted by Crippen LogP contribution is -2.29. The minimum Gasteiger partial charge on any atom is -0.460 e. The summed E-state index contributed by atoms with van der Waals surface area (Å²) in [6, 6.07) is 4.72. The number of carbonyl (C=O) groups is 2. The maximum atomic E-state index is 13.7. The monoisotopic (exact) mass is 405 g/mol. The SMILES string of the molecule is Cc1ccc(-c2noc(CCC(=O)N(C)CCCC(=O)OC(C)(C)C)n2)cc1F. The minimum atomic E-state index is -0.508. The zero-order chi connectivity index (χ0) is 21.6. The van der Waals surface area contributed by atoms with Crippen LogP contribution in [0.25, 0.3) is 11.4 Å². The van der Waals surface area contributed by atoms with Crippen molar-refractivity contribution in [3.63, 3.8) is 0 Å². The van der Waals surface area contributed by atoms with E-state index in [1.165, 1.54) is 6.07 Å². The number of halogens is 1. The van der Waals surface area contributed by atoms with E-state index in [4.69, 9.17) is 9.26 Å². The summed E-state index contributed by atoms with van der Waals surface area (Å²) in [5.74, 6) is -0.0924. The molecular formula is C21H28FN3O4. The van der Waals surface area contributed by atoms with Crippen molar-refractivity contribution in [1.82, 2.24) is 15.0 Å². The van der Waals surface area contributed by atoms with Gasteiger partial charge in [-0.2, -0.15) is 4.98 Å². The van der Waals surface area contributed by atoms with Crippen molar-refractivity contribution >= 4 is 11.9 Å². The minimum absolute atomic E-state index is 0.0877. The predicted octanol–water partition coefficient (Wildman–Crippen LogP) is 3.70. The number of rotatable bonds is 8. The maximum Gasteiger partial charge on any atom is 0.306 e. The molecule has 1 heterocycles. The molecule has 8 heteroatoms. The van der Waals surface area contributed by atoms with Gasteiger partial charge in [0, 0.05) is 38.4 Å². The van der Waals surface area contributed by atoms with E-state index in [0.717, 1.165) is 0 Å². The summed E-state index contributed by atoms with van der Waals surface area (Å²) < 4.78 is 24.1. The Morgan fingerprint density at radius 2 is 1.97 bits per heavy atom. The van der Waals surface area contributed by atoms with Crippen molar-refractivity contribution in [3.8, 4) is 11.4 Å². The zero-order valence-corrected chi connectivity index (χ0v) is 17.6. The van der Waals surface area contributed by atoms with E-state index in [1.54, 1.807) is 31.0 Å². The average Bonchev–Trinajstić information content (AvgIpc) is 3.09. The molecule has 2 rings (SSSR count). The molecule has 0 saturated heterocycles. The molecule has 1 aromatic carbocycles. The predicted molar refractivity (Wildman–Crippen MR) is 105 cm³/mol. The lowest BCUT2D eigenvalue weighted by atomic mass is 10.1. The first-order valence-corrected chi connectivity index (χ1v) is 9.60. The number of hydrogen-bond donors (Lipinski definition) is 0. The number of ether oxygens (including phenoxy) is 1. The van der Waals surface area contributed by atoms with E-state index in [0.29, 0.717) is 30.0 Å². The molecule has 1 aromatic heterocycles. The highest BCUT2D eigenvalue weighted by atomic mass is 19.1. The maximum absolute atomic E-state index is 13.7. The molecule has 158 valence electrons. The first kappa shape index (κ1) is 22.5. The number of esters is 1. The largest absolute Gasteiger partial charge is 0.460 e. The van der Waals surface area contributed by atoms with Gasteiger partial charge in [0.25, 0.3) is 0 Å².